The summed E-state index contributed by atoms with van der Waals surface area (Å²) in [4.78, 5) is 9.95. The summed E-state index contributed by atoms with van der Waals surface area (Å²) in [7, 11) is 0. The van der Waals surface area contributed by atoms with Gasteiger partial charge in [-0.25, -0.2) is 4.79 Å². The van der Waals surface area contributed by atoms with Gasteiger partial charge in [0.25, 0.3) is 0 Å². The molecule has 0 saturated heterocycles. The molecular weight excluding hydrogens is 146 g/mol. The Bertz CT molecular complexity index is 128. The van der Waals surface area contributed by atoms with E-state index >= 15 is 0 Å². The highest BCUT2D eigenvalue weighted by molar-refractivity contribution is 5.64. The van der Waals surface area contributed by atoms with Gasteiger partial charge in [-0.15, -0.1) is 0 Å². The van der Waals surface area contributed by atoms with Crippen LogP contribution in [-0.4, -0.2) is 28.5 Å². The predicted molar refractivity (Wildman–Crippen MR) is 41.6 cm³/mol. The average molecular weight is 161 g/mol. The Balaban J connectivity index is 3.22. The smallest absolute Gasteiger partial charge is 0.404 e. The molecule has 0 aliphatic heterocycles. The van der Waals surface area contributed by atoms with Gasteiger partial charge >= 0.3 is 6.09 Å². The highest BCUT2D eigenvalue weighted by Crippen LogP contribution is 2.08. The molecule has 4 nitrogen and oxygen atoms in total. The fraction of sp³-hybridized carbons (Fsp3) is 0.857. The van der Waals surface area contributed by atoms with E-state index in [2.05, 4.69) is 5.32 Å². The van der Waals surface area contributed by atoms with Gasteiger partial charge < -0.3 is 15.5 Å². The predicted octanol–water partition coefficient (Wildman–Crippen LogP) is 0.805. The number of hydrogen-bond acceptors (Lipinski definition) is 2. The molecule has 0 atom stereocenters. The molecule has 0 aromatic heterocycles. The first-order valence-corrected chi connectivity index (χ1v) is 3.61. The number of carbonyl (C=O) groups is 1. The number of amides is 1. The minimum atomic E-state index is -1.01. The summed E-state index contributed by atoms with van der Waals surface area (Å²) in [5.41, 5.74) is -0.694. The van der Waals surface area contributed by atoms with Crippen molar-refractivity contribution in [2.45, 2.75) is 32.3 Å². The Morgan fingerprint density at radius 3 is 2.45 bits per heavy atom. The van der Waals surface area contributed by atoms with E-state index in [-0.39, 0.29) is 0 Å². The Kier molecular flexibility index (Phi) is 3.89. The lowest BCUT2D eigenvalue weighted by Crippen LogP contribution is -2.25. The van der Waals surface area contributed by atoms with Crippen LogP contribution in [0.2, 0.25) is 0 Å². The molecule has 0 heterocycles. The highest BCUT2D eigenvalue weighted by atomic mass is 16.4. The number of rotatable bonds is 4. The van der Waals surface area contributed by atoms with Crippen molar-refractivity contribution in [2.24, 2.45) is 0 Å². The second kappa shape index (κ2) is 4.18. The summed E-state index contributed by atoms with van der Waals surface area (Å²) < 4.78 is 0. The highest BCUT2D eigenvalue weighted by Gasteiger charge is 2.10. The van der Waals surface area contributed by atoms with Crippen molar-refractivity contribution in [3.8, 4) is 0 Å². The molecule has 66 valence electrons. The second-order valence-corrected chi connectivity index (χ2v) is 3.15. The van der Waals surface area contributed by atoms with E-state index < -0.39 is 11.7 Å². The molecule has 0 aromatic rings. The first-order valence-electron chi connectivity index (χ1n) is 3.61. The summed E-state index contributed by atoms with van der Waals surface area (Å²) >= 11 is 0. The van der Waals surface area contributed by atoms with E-state index in [0.717, 1.165) is 0 Å². The summed E-state index contributed by atoms with van der Waals surface area (Å²) in [6.07, 6.45) is 0.254. The molecule has 0 aliphatic carbocycles. The van der Waals surface area contributed by atoms with Gasteiger partial charge in [-0.1, -0.05) is 0 Å². The zero-order valence-electron chi connectivity index (χ0n) is 6.92. The molecule has 0 aromatic carbocycles. The monoisotopic (exact) mass is 161 g/mol. The third kappa shape index (κ3) is 9.23. The van der Waals surface area contributed by atoms with Crippen molar-refractivity contribution in [3.63, 3.8) is 0 Å². The van der Waals surface area contributed by atoms with Crippen molar-refractivity contribution in [3.05, 3.63) is 0 Å². The van der Waals surface area contributed by atoms with Gasteiger partial charge in [0.05, 0.1) is 5.60 Å². The molecule has 4 heteroatoms. The zero-order chi connectivity index (χ0) is 8.91. The molecule has 11 heavy (non-hydrogen) atoms. The van der Waals surface area contributed by atoms with Crippen LogP contribution < -0.4 is 5.32 Å². The lowest BCUT2D eigenvalue weighted by Gasteiger charge is -2.15. The van der Waals surface area contributed by atoms with Crippen LogP contribution in [0.5, 0.6) is 0 Å². The van der Waals surface area contributed by atoms with Gasteiger partial charge in [0.2, 0.25) is 0 Å². The molecule has 3 N–H and O–H groups in total. The van der Waals surface area contributed by atoms with Gasteiger partial charge in [-0.3, -0.25) is 0 Å². The molecule has 1 amide bonds. The van der Waals surface area contributed by atoms with Crippen LogP contribution >= 0.6 is 0 Å². The lowest BCUT2D eigenvalue weighted by atomic mass is 10.0. The summed E-state index contributed by atoms with van der Waals surface area (Å²) in [6.45, 7) is 3.81. The Labute approximate surface area is 66.2 Å². The second-order valence-electron chi connectivity index (χ2n) is 3.15. The fourth-order valence-electron chi connectivity index (χ4n) is 0.716. The molecule has 0 saturated carbocycles. The average Bonchev–Trinajstić information content (AvgIpc) is 1.78. The Hall–Kier alpha value is -0.770. The molecule has 0 aliphatic rings. The summed E-state index contributed by atoms with van der Waals surface area (Å²) in [5.74, 6) is 0. The van der Waals surface area contributed by atoms with E-state index in [9.17, 15) is 9.90 Å². The van der Waals surface area contributed by atoms with Crippen LogP contribution in [0.1, 0.15) is 26.7 Å². The molecular formula is C7H15NO3. The van der Waals surface area contributed by atoms with E-state index in [1.807, 2.05) is 0 Å². The quantitative estimate of drug-likeness (QED) is 0.534. The van der Waals surface area contributed by atoms with Crippen molar-refractivity contribution >= 4 is 6.09 Å². The van der Waals surface area contributed by atoms with Crippen molar-refractivity contribution < 1.29 is 15.0 Å². The summed E-state index contributed by atoms with van der Waals surface area (Å²) in [6, 6.07) is 0. The maximum atomic E-state index is 9.95. The number of aliphatic hydroxyl groups is 1. The van der Waals surface area contributed by atoms with Crippen LogP contribution in [0.15, 0.2) is 0 Å². The molecule has 0 bridgehead atoms. The van der Waals surface area contributed by atoms with Crippen molar-refractivity contribution in [1.82, 2.24) is 5.32 Å². The molecule has 0 unspecified atom stereocenters. The van der Waals surface area contributed by atoms with E-state index in [0.29, 0.717) is 19.4 Å². The number of nitrogens with one attached hydrogen (secondary N) is 1. The van der Waals surface area contributed by atoms with E-state index in [1.165, 1.54) is 0 Å². The minimum absolute atomic E-state index is 0.402. The molecule has 0 fully saturated rings. The van der Waals surface area contributed by atoms with Crippen LogP contribution in [0.25, 0.3) is 0 Å². The number of carboxylic acid groups (broad SMARTS) is 1. The third-order valence-electron chi connectivity index (χ3n) is 1.24. The lowest BCUT2D eigenvalue weighted by molar-refractivity contribution is 0.0687. The summed E-state index contributed by atoms with van der Waals surface area (Å²) in [5, 5.41) is 19.6. The SMILES string of the molecule is CC(C)(O)CCCNC(=O)O. The van der Waals surface area contributed by atoms with Crippen molar-refractivity contribution in [1.29, 1.82) is 0 Å². The molecule has 0 radical (unpaired) electrons. The van der Waals surface area contributed by atoms with Crippen molar-refractivity contribution in [2.75, 3.05) is 6.54 Å². The van der Waals surface area contributed by atoms with Crippen LogP contribution in [-0.2, 0) is 0 Å². The molecule has 0 rings (SSSR count). The maximum absolute atomic E-state index is 9.95. The normalized spacial score (nSPS) is 11.2. The van der Waals surface area contributed by atoms with Gasteiger partial charge in [-0.05, 0) is 26.7 Å². The minimum Gasteiger partial charge on any atom is -0.465 e. The fourth-order valence-corrected chi connectivity index (χ4v) is 0.716. The largest absolute Gasteiger partial charge is 0.465 e. The van der Waals surface area contributed by atoms with Crippen LogP contribution in [0.3, 0.4) is 0 Å². The Morgan fingerprint density at radius 1 is 1.55 bits per heavy atom. The van der Waals surface area contributed by atoms with E-state index in [1.54, 1.807) is 13.8 Å². The number of hydrogen-bond donors (Lipinski definition) is 3. The van der Waals surface area contributed by atoms with Crippen LogP contribution in [0, 0.1) is 0 Å². The van der Waals surface area contributed by atoms with E-state index in [4.69, 9.17) is 5.11 Å². The Morgan fingerprint density at radius 2 is 2.09 bits per heavy atom. The zero-order valence-corrected chi connectivity index (χ0v) is 6.92. The maximum Gasteiger partial charge on any atom is 0.404 e. The van der Waals surface area contributed by atoms with Gasteiger partial charge in [0.1, 0.15) is 0 Å². The topological polar surface area (TPSA) is 69.6 Å². The van der Waals surface area contributed by atoms with Crippen LogP contribution in [0.4, 0.5) is 4.79 Å². The first kappa shape index (κ1) is 10.2. The van der Waals surface area contributed by atoms with Gasteiger partial charge in [0, 0.05) is 6.54 Å². The standard InChI is InChI=1S/C7H15NO3/c1-7(2,11)4-3-5-8-6(9)10/h8,11H,3-5H2,1-2H3,(H,9,10). The third-order valence-corrected chi connectivity index (χ3v) is 1.24. The first-order chi connectivity index (χ1) is 4.92. The van der Waals surface area contributed by atoms with Gasteiger partial charge in [-0.2, -0.15) is 0 Å². The van der Waals surface area contributed by atoms with Gasteiger partial charge in [0.15, 0.2) is 0 Å². The molecule has 0 spiro atoms.